The Kier molecular flexibility index (Phi) is 7.47. The normalized spacial score (nSPS) is 24.4. The molecule has 4 heteroatoms. The van der Waals surface area contributed by atoms with Gasteiger partial charge in [-0.05, 0) is 74.1 Å². The minimum Gasteiger partial charge on any atom is -0.299 e. The van der Waals surface area contributed by atoms with Gasteiger partial charge in [0.15, 0.2) is 0 Å². The van der Waals surface area contributed by atoms with Crippen LogP contribution >= 0.6 is 0 Å². The van der Waals surface area contributed by atoms with Gasteiger partial charge in [-0.15, -0.1) is 0 Å². The lowest BCUT2D eigenvalue weighted by Crippen LogP contribution is -2.41. The first-order valence-corrected chi connectivity index (χ1v) is 11.3. The molecule has 0 radical (unpaired) electrons. The third-order valence-electron chi connectivity index (χ3n) is 6.83. The molecule has 0 aliphatic heterocycles. The lowest BCUT2D eigenvalue weighted by molar-refractivity contribution is -0.137. The topological polar surface area (TPSA) is 3.24 Å². The largest absolute Gasteiger partial charge is 0.416 e. The second-order valence-electron chi connectivity index (χ2n) is 9.41. The van der Waals surface area contributed by atoms with E-state index < -0.39 is 11.7 Å². The van der Waals surface area contributed by atoms with Crippen molar-refractivity contribution in [2.75, 3.05) is 13.1 Å². The summed E-state index contributed by atoms with van der Waals surface area (Å²) in [6.45, 7) is 6.85. The standard InChI is InChI=1S/C24H36F3N/c1-18(2)15-16-28(17-19-7-4-3-5-8-19)23-10-6-9-22(23)20-11-13-21(14-12-20)24(25,26)27/h11-14,18-19,22-23H,3-10,15-17H2,1-2H3/t22-,23+/m0/s1. The van der Waals surface area contributed by atoms with Gasteiger partial charge in [-0.2, -0.15) is 13.2 Å². The van der Waals surface area contributed by atoms with Crippen molar-refractivity contribution in [2.45, 2.75) is 89.8 Å². The van der Waals surface area contributed by atoms with Gasteiger partial charge in [0.25, 0.3) is 0 Å². The van der Waals surface area contributed by atoms with Crippen LogP contribution in [0.2, 0.25) is 0 Å². The second-order valence-corrected chi connectivity index (χ2v) is 9.41. The Labute approximate surface area is 168 Å². The Balaban J connectivity index is 1.73. The highest BCUT2D eigenvalue weighted by atomic mass is 19.4. The molecular weight excluding hydrogens is 359 g/mol. The fraction of sp³-hybridized carbons (Fsp3) is 0.750. The highest BCUT2D eigenvalue weighted by molar-refractivity contribution is 5.29. The molecule has 0 N–H and O–H groups in total. The van der Waals surface area contributed by atoms with Gasteiger partial charge in [0.2, 0.25) is 0 Å². The average molecular weight is 396 g/mol. The number of benzene rings is 1. The van der Waals surface area contributed by atoms with Crippen molar-refractivity contribution in [2.24, 2.45) is 11.8 Å². The molecule has 3 rings (SSSR count). The Bertz CT molecular complexity index is 587. The Morgan fingerprint density at radius 1 is 0.929 bits per heavy atom. The first-order valence-electron chi connectivity index (χ1n) is 11.3. The van der Waals surface area contributed by atoms with Gasteiger partial charge < -0.3 is 0 Å². The molecule has 2 aliphatic rings. The van der Waals surface area contributed by atoms with Crippen LogP contribution in [0.1, 0.15) is 88.7 Å². The molecule has 158 valence electrons. The van der Waals surface area contributed by atoms with E-state index >= 15 is 0 Å². The summed E-state index contributed by atoms with van der Waals surface area (Å²) in [4.78, 5) is 2.71. The van der Waals surface area contributed by atoms with Crippen LogP contribution in [-0.2, 0) is 6.18 Å². The van der Waals surface area contributed by atoms with Crippen molar-refractivity contribution in [1.82, 2.24) is 4.90 Å². The molecule has 0 aromatic heterocycles. The van der Waals surface area contributed by atoms with Crippen molar-refractivity contribution in [1.29, 1.82) is 0 Å². The predicted molar refractivity (Wildman–Crippen MR) is 109 cm³/mol. The second kappa shape index (κ2) is 9.65. The van der Waals surface area contributed by atoms with Crippen LogP contribution in [-0.4, -0.2) is 24.0 Å². The molecular formula is C24H36F3N. The minimum absolute atomic E-state index is 0.373. The summed E-state index contributed by atoms with van der Waals surface area (Å²) in [5.41, 5.74) is 0.554. The molecule has 1 nitrogen and oxygen atoms in total. The molecule has 0 heterocycles. The molecule has 28 heavy (non-hydrogen) atoms. The Morgan fingerprint density at radius 3 is 2.21 bits per heavy atom. The van der Waals surface area contributed by atoms with Gasteiger partial charge in [-0.3, -0.25) is 4.90 Å². The zero-order valence-electron chi connectivity index (χ0n) is 17.5. The zero-order valence-corrected chi connectivity index (χ0v) is 17.5. The highest BCUT2D eigenvalue weighted by Crippen LogP contribution is 2.40. The van der Waals surface area contributed by atoms with Crippen LogP contribution in [0.15, 0.2) is 24.3 Å². The number of hydrogen-bond donors (Lipinski definition) is 0. The maximum atomic E-state index is 12.9. The molecule has 2 aliphatic carbocycles. The van der Waals surface area contributed by atoms with Gasteiger partial charge in [0.05, 0.1) is 5.56 Å². The van der Waals surface area contributed by atoms with E-state index in [0.29, 0.717) is 17.9 Å². The fourth-order valence-electron chi connectivity index (χ4n) is 5.20. The van der Waals surface area contributed by atoms with E-state index in [-0.39, 0.29) is 0 Å². The van der Waals surface area contributed by atoms with Gasteiger partial charge >= 0.3 is 6.18 Å². The summed E-state index contributed by atoms with van der Waals surface area (Å²) in [6.07, 6.45) is 7.17. The van der Waals surface area contributed by atoms with E-state index in [2.05, 4.69) is 18.7 Å². The van der Waals surface area contributed by atoms with Gasteiger partial charge in [0, 0.05) is 12.6 Å². The number of hydrogen-bond acceptors (Lipinski definition) is 1. The average Bonchev–Trinajstić information content (AvgIpc) is 3.15. The smallest absolute Gasteiger partial charge is 0.299 e. The molecule has 1 aromatic rings. The summed E-state index contributed by atoms with van der Waals surface area (Å²) in [6, 6.07) is 6.48. The minimum atomic E-state index is -4.25. The van der Waals surface area contributed by atoms with Gasteiger partial charge in [0.1, 0.15) is 0 Å². The Hall–Kier alpha value is -1.03. The Morgan fingerprint density at radius 2 is 1.61 bits per heavy atom. The molecule has 0 saturated heterocycles. The van der Waals surface area contributed by atoms with Crippen molar-refractivity contribution in [3.05, 3.63) is 35.4 Å². The van der Waals surface area contributed by atoms with Crippen LogP contribution in [0, 0.1) is 11.8 Å². The van der Waals surface area contributed by atoms with Crippen LogP contribution in [0.3, 0.4) is 0 Å². The van der Waals surface area contributed by atoms with E-state index in [4.69, 9.17) is 0 Å². The van der Waals surface area contributed by atoms with E-state index in [0.717, 1.165) is 24.4 Å². The first-order chi connectivity index (χ1) is 13.3. The van der Waals surface area contributed by atoms with Crippen molar-refractivity contribution in [3.8, 4) is 0 Å². The van der Waals surface area contributed by atoms with Gasteiger partial charge in [-0.1, -0.05) is 51.7 Å². The van der Waals surface area contributed by atoms with E-state index in [9.17, 15) is 13.2 Å². The summed E-state index contributed by atoms with van der Waals surface area (Å²) in [5.74, 6) is 1.85. The lowest BCUT2D eigenvalue weighted by atomic mass is 9.87. The van der Waals surface area contributed by atoms with Crippen molar-refractivity contribution in [3.63, 3.8) is 0 Å². The maximum Gasteiger partial charge on any atom is 0.416 e. The molecule has 2 atom stereocenters. The highest BCUT2D eigenvalue weighted by Gasteiger charge is 2.35. The van der Waals surface area contributed by atoms with Crippen LogP contribution in [0.25, 0.3) is 0 Å². The molecule has 0 bridgehead atoms. The number of alkyl halides is 3. The monoisotopic (exact) mass is 395 g/mol. The molecule has 2 fully saturated rings. The third kappa shape index (κ3) is 5.75. The summed E-state index contributed by atoms with van der Waals surface area (Å²) in [7, 11) is 0. The van der Waals surface area contributed by atoms with E-state index in [1.165, 1.54) is 70.0 Å². The van der Waals surface area contributed by atoms with Crippen molar-refractivity contribution < 1.29 is 13.2 Å². The van der Waals surface area contributed by atoms with E-state index in [1.54, 1.807) is 12.1 Å². The predicted octanol–water partition coefficient (Wildman–Crippen LogP) is 7.27. The van der Waals surface area contributed by atoms with Crippen molar-refractivity contribution >= 4 is 0 Å². The maximum absolute atomic E-state index is 12.9. The van der Waals surface area contributed by atoms with Gasteiger partial charge in [-0.25, -0.2) is 0 Å². The van der Waals surface area contributed by atoms with E-state index in [1.807, 2.05) is 0 Å². The number of rotatable bonds is 7. The SMILES string of the molecule is CC(C)CCN(CC1CCCCC1)[C@@H]1CCC[C@H]1c1ccc(C(F)(F)F)cc1. The molecule has 0 spiro atoms. The third-order valence-corrected chi connectivity index (χ3v) is 6.83. The molecule has 1 aromatic carbocycles. The summed E-state index contributed by atoms with van der Waals surface area (Å²) >= 11 is 0. The molecule has 0 unspecified atom stereocenters. The zero-order chi connectivity index (χ0) is 20.1. The van der Waals surface area contributed by atoms with Crippen LogP contribution < -0.4 is 0 Å². The summed E-state index contributed by atoms with van der Waals surface area (Å²) in [5, 5.41) is 0. The quantitative estimate of drug-likeness (QED) is 0.469. The number of halogens is 3. The van der Waals surface area contributed by atoms with Crippen LogP contribution in [0.4, 0.5) is 13.2 Å². The molecule has 0 amide bonds. The summed E-state index contributed by atoms with van der Waals surface area (Å²) < 4.78 is 38.8. The number of nitrogens with zero attached hydrogens (tertiary/aromatic N) is 1. The lowest BCUT2D eigenvalue weighted by Gasteiger charge is -2.37. The van der Waals surface area contributed by atoms with Crippen LogP contribution in [0.5, 0.6) is 0 Å². The fourth-order valence-corrected chi connectivity index (χ4v) is 5.20. The molecule has 2 saturated carbocycles. The first kappa shape index (κ1) is 21.7.